The first-order chi connectivity index (χ1) is 13.1. The third-order valence-electron chi connectivity index (χ3n) is 5.27. The normalized spacial score (nSPS) is 15.1. The Kier molecular flexibility index (Phi) is 9.11. The van der Waals surface area contributed by atoms with Crippen LogP contribution in [0.1, 0.15) is 44.6 Å². The summed E-state index contributed by atoms with van der Waals surface area (Å²) in [6.45, 7) is 4.90. The molecule has 1 aliphatic heterocycles. The molecule has 27 heavy (non-hydrogen) atoms. The third-order valence-corrected chi connectivity index (χ3v) is 5.27. The second kappa shape index (κ2) is 11.6. The van der Waals surface area contributed by atoms with Crippen LogP contribution >= 0.6 is 0 Å². The molecule has 1 aromatic carbocycles. The van der Waals surface area contributed by atoms with Gasteiger partial charge in [0, 0.05) is 25.7 Å². The van der Waals surface area contributed by atoms with Crippen LogP contribution in [0, 0.1) is 0 Å². The Labute approximate surface area is 162 Å². The van der Waals surface area contributed by atoms with Crippen LogP contribution in [0.5, 0.6) is 0 Å². The molecular weight excluding hydrogens is 342 g/mol. The standard InChI is InChI=1S/C21H33N3O3/c1-2-23(17-20(25)26)19-12-15-24(16-13-19)21(27)22-14-8-4-7-11-18-9-5-3-6-10-18/h3,5-6,9-10,19H,2,4,7-8,11-17H2,1H3,(H,22,27)(H,25,26). The van der Waals surface area contributed by atoms with Gasteiger partial charge < -0.3 is 15.3 Å². The number of aliphatic carboxylic acids is 1. The van der Waals surface area contributed by atoms with E-state index in [2.05, 4.69) is 29.6 Å². The number of amides is 2. The summed E-state index contributed by atoms with van der Waals surface area (Å²) < 4.78 is 0. The number of likely N-dealkylation sites (tertiary alicyclic amines) is 1. The number of benzene rings is 1. The highest BCUT2D eigenvalue weighted by Gasteiger charge is 2.26. The van der Waals surface area contributed by atoms with E-state index in [1.165, 1.54) is 5.56 Å². The number of carbonyl (C=O) groups excluding carboxylic acids is 1. The zero-order chi connectivity index (χ0) is 19.5. The second-order valence-electron chi connectivity index (χ2n) is 7.20. The lowest BCUT2D eigenvalue weighted by Gasteiger charge is -2.37. The summed E-state index contributed by atoms with van der Waals surface area (Å²) in [7, 11) is 0. The molecule has 2 rings (SSSR count). The van der Waals surface area contributed by atoms with Crippen molar-refractivity contribution in [1.29, 1.82) is 0 Å². The molecule has 1 aliphatic rings. The summed E-state index contributed by atoms with van der Waals surface area (Å²) in [5, 5.41) is 12.0. The molecule has 1 heterocycles. The van der Waals surface area contributed by atoms with E-state index in [9.17, 15) is 9.59 Å². The molecule has 1 aromatic rings. The fraction of sp³-hybridized carbons (Fsp3) is 0.619. The summed E-state index contributed by atoms with van der Waals surface area (Å²) in [5.74, 6) is -0.788. The number of carboxylic acids is 1. The van der Waals surface area contributed by atoms with Gasteiger partial charge in [-0.3, -0.25) is 9.69 Å². The Bertz CT molecular complexity index is 571. The lowest BCUT2D eigenvalue weighted by molar-refractivity contribution is -0.139. The monoisotopic (exact) mass is 375 g/mol. The van der Waals surface area contributed by atoms with E-state index in [1.54, 1.807) is 0 Å². The van der Waals surface area contributed by atoms with E-state index in [1.807, 2.05) is 22.8 Å². The van der Waals surface area contributed by atoms with E-state index < -0.39 is 5.97 Å². The first-order valence-electron chi connectivity index (χ1n) is 10.1. The lowest BCUT2D eigenvalue weighted by Crippen LogP contribution is -2.50. The number of rotatable bonds is 10. The number of nitrogens with zero attached hydrogens (tertiary/aromatic N) is 2. The number of carboxylic acid groups (broad SMARTS) is 1. The molecule has 0 bridgehead atoms. The SMILES string of the molecule is CCN(CC(=O)O)C1CCN(C(=O)NCCCCCc2ccccc2)CC1. The summed E-state index contributed by atoms with van der Waals surface area (Å²) in [6, 6.07) is 10.8. The molecule has 2 N–H and O–H groups in total. The van der Waals surface area contributed by atoms with Gasteiger partial charge in [0.05, 0.1) is 6.54 Å². The van der Waals surface area contributed by atoms with E-state index in [0.717, 1.165) is 45.1 Å². The Morgan fingerprint density at radius 1 is 1.15 bits per heavy atom. The zero-order valence-corrected chi connectivity index (χ0v) is 16.4. The Balaban J connectivity index is 1.57. The first-order valence-corrected chi connectivity index (χ1v) is 10.1. The molecule has 2 amide bonds. The quantitative estimate of drug-likeness (QED) is 0.617. The van der Waals surface area contributed by atoms with Crippen LogP contribution in [0.25, 0.3) is 0 Å². The first kappa shape index (κ1) is 21.2. The van der Waals surface area contributed by atoms with Gasteiger partial charge in [-0.05, 0) is 44.2 Å². The summed E-state index contributed by atoms with van der Waals surface area (Å²) >= 11 is 0. The summed E-state index contributed by atoms with van der Waals surface area (Å²) in [5.41, 5.74) is 1.37. The van der Waals surface area contributed by atoms with Crippen molar-refractivity contribution in [3.8, 4) is 0 Å². The Morgan fingerprint density at radius 3 is 2.48 bits per heavy atom. The van der Waals surface area contributed by atoms with Gasteiger partial charge in [0.2, 0.25) is 0 Å². The Morgan fingerprint density at radius 2 is 1.85 bits per heavy atom. The molecule has 6 heteroatoms. The maximum atomic E-state index is 12.3. The fourth-order valence-corrected chi connectivity index (χ4v) is 3.69. The van der Waals surface area contributed by atoms with Gasteiger partial charge in [-0.25, -0.2) is 4.79 Å². The highest BCUT2D eigenvalue weighted by Crippen LogP contribution is 2.16. The number of likely N-dealkylation sites (N-methyl/N-ethyl adjacent to an activating group) is 1. The molecule has 6 nitrogen and oxygen atoms in total. The minimum atomic E-state index is -0.788. The van der Waals surface area contributed by atoms with Gasteiger partial charge in [-0.1, -0.05) is 43.7 Å². The zero-order valence-electron chi connectivity index (χ0n) is 16.4. The number of aryl methyl sites for hydroxylation is 1. The molecule has 0 radical (unpaired) electrons. The smallest absolute Gasteiger partial charge is 0.317 e. The molecule has 0 saturated carbocycles. The average Bonchev–Trinajstić information content (AvgIpc) is 2.69. The van der Waals surface area contributed by atoms with Crippen LogP contribution in [0.3, 0.4) is 0 Å². The van der Waals surface area contributed by atoms with Crippen molar-refractivity contribution in [2.45, 2.75) is 51.5 Å². The molecule has 0 unspecified atom stereocenters. The number of unbranched alkanes of at least 4 members (excludes halogenated alkanes) is 2. The number of nitrogens with one attached hydrogen (secondary N) is 1. The van der Waals surface area contributed by atoms with Crippen molar-refractivity contribution in [3.05, 3.63) is 35.9 Å². The molecule has 0 aromatic heterocycles. The molecule has 1 saturated heterocycles. The van der Waals surface area contributed by atoms with Crippen molar-refractivity contribution in [1.82, 2.24) is 15.1 Å². The molecule has 0 aliphatic carbocycles. The minimum Gasteiger partial charge on any atom is -0.480 e. The van der Waals surface area contributed by atoms with Gasteiger partial charge in [-0.2, -0.15) is 0 Å². The average molecular weight is 376 g/mol. The predicted molar refractivity (Wildman–Crippen MR) is 107 cm³/mol. The van der Waals surface area contributed by atoms with Crippen molar-refractivity contribution < 1.29 is 14.7 Å². The van der Waals surface area contributed by atoms with Crippen LogP contribution in [0.4, 0.5) is 4.79 Å². The van der Waals surface area contributed by atoms with E-state index >= 15 is 0 Å². The van der Waals surface area contributed by atoms with Crippen LogP contribution in [-0.2, 0) is 11.2 Å². The minimum absolute atomic E-state index is 0.0118. The van der Waals surface area contributed by atoms with E-state index in [4.69, 9.17) is 5.11 Å². The molecule has 150 valence electrons. The Hall–Kier alpha value is -2.08. The van der Waals surface area contributed by atoms with Crippen molar-refractivity contribution in [3.63, 3.8) is 0 Å². The topological polar surface area (TPSA) is 72.9 Å². The second-order valence-corrected chi connectivity index (χ2v) is 7.20. The number of carbonyl (C=O) groups is 2. The predicted octanol–water partition coefficient (Wildman–Crippen LogP) is 2.98. The molecule has 0 atom stereocenters. The van der Waals surface area contributed by atoms with Gasteiger partial charge >= 0.3 is 12.0 Å². The number of piperidine rings is 1. The van der Waals surface area contributed by atoms with Gasteiger partial charge in [-0.15, -0.1) is 0 Å². The van der Waals surface area contributed by atoms with E-state index in [-0.39, 0.29) is 18.6 Å². The van der Waals surface area contributed by atoms with E-state index in [0.29, 0.717) is 19.6 Å². The largest absolute Gasteiger partial charge is 0.480 e. The summed E-state index contributed by atoms with van der Waals surface area (Å²) in [4.78, 5) is 27.1. The lowest BCUT2D eigenvalue weighted by atomic mass is 10.0. The third kappa shape index (κ3) is 7.59. The van der Waals surface area contributed by atoms with Gasteiger partial charge in [0.1, 0.15) is 0 Å². The number of urea groups is 1. The molecular formula is C21H33N3O3. The van der Waals surface area contributed by atoms with Gasteiger partial charge in [0.15, 0.2) is 0 Å². The highest BCUT2D eigenvalue weighted by molar-refractivity contribution is 5.74. The maximum Gasteiger partial charge on any atom is 0.317 e. The van der Waals surface area contributed by atoms with Crippen LogP contribution in [-0.4, -0.2) is 65.7 Å². The highest BCUT2D eigenvalue weighted by atomic mass is 16.4. The maximum absolute atomic E-state index is 12.3. The fourth-order valence-electron chi connectivity index (χ4n) is 3.69. The van der Waals surface area contributed by atoms with Crippen molar-refractivity contribution in [2.24, 2.45) is 0 Å². The van der Waals surface area contributed by atoms with Crippen LogP contribution in [0.15, 0.2) is 30.3 Å². The van der Waals surface area contributed by atoms with Gasteiger partial charge in [0.25, 0.3) is 0 Å². The van der Waals surface area contributed by atoms with Crippen molar-refractivity contribution in [2.75, 3.05) is 32.7 Å². The van der Waals surface area contributed by atoms with Crippen LogP contribution < -0.4 is 5.32 Å². The van der Waals surface area contributed by atoms with Crippen molar-refractivity contribution >= 4 is 12.0 Å². The molecule has 1 fully saturated rings. The number of hydrogen-bond acceptors (Lipinski definition) is 3. The molecule has 0 spiro atoms. The number of hydrogen-bond donors (Lipinski definition) is 2. The summed E-state index contributed by atoms with van der Waals surface area (Å²) in [6.07, 6.45) is 6.01. The van der Waals surface area contributed by atoms with Crippen LogP contribution in [0.2, 0.25) is 0 Å².